The number of hydrogen-bond donors (Lipinski definition) is 0. The Kier molecular flexibility index (Phi) is 5.36. The Balaban J connectivity index is 1.57. The van der Waals surface area contributed by atoms with Gasteiger partial charge in [-0.1, -0.05) is 54.1 Å². The molecule has 0 atom stereocenters. The van der Waals surface area contributed by atoms with Crippen LogP contribution in [0.2, 0.25) is 5.02 Å². The molecule has 0 saturated heterocycles. The second-order valence-electron chi connectivity index (χ2n) is 5.23. The third-order valence-electron chi connectivity index (χ3n) is 3.41. The van der Waals surface area contributed by atoms with Crippen molar-refractivity contribution >= 4 is 33.4 Å². The zero-order chi connectivity index (χ0) is 16.1. The molecule has 0 bridgehead atoms. The predicted molar refractivity (Wildman–Crippen MR) is 97.5 cm³/mol. The fraction of sp³-hybridized carbons (Fsp3) is 0.167. The average Bonchev–Trinajstić information content (AvgIpc) is 2.57. The van der Waals surface area contributed by atoms with Gasteiger partial charge < -0.3 is 9.64 Å². The highest BCUT2D eigenvalue weighted by molar-refractivity contribution is 9.12. The molecule has 3 nitrogen and oxygen atoms in total. The van der Waals surface area contributed by atoms with Crippen LogP contribution >= 0.6 is 27.5 Å². The summed E-state index contributed by atoms with van der Waals surface area (Å²) >= 11 is 9.45. The normalized spacial score (nSPS) is 14.3. The van der Waals surface area contributed by atoms with Crippen molar-refractivity contribution in [1.82, 2.24) is 4.90 Å². The first-order valence-electron chi connectivity index (χ1n) is 7.28. The first-order valence-corrected chi connectivity index (χ1v) is 8.45. The molecule has 2 aromatic rings. The van der Waals surface area contributed by atoms with Crippen molar-refractivity contribution in [3.63, 3.8) is 0 Å². The summed E-state index contributed by atoms with van der Waals surface area (Å²) < 4.78 is 6.64. The first-order chi connectivity index (χ1) is 11.2. The molecule has 0 amide bonds. The van der Waals surface area contributed by atoms with Crippen LogP contribution in [0.3, 0.4) is 0 Å². The topological polar surface area (TPSA) is 24.8 Å². The Morgan fingerprint density at radius 2 is 1.78 bits per heavy atom. The smallest absolute Gasteiger partial charge is 0.226 e. The minimum Gasteiger partial charge on any atom is -0.472 e. The van der Waals surface area contributed by atoms with E-state index < -0.39 is 0 Å². The van der Waals surface area contributed by atoms with E-state index in [1.165, 1.54) is 5.56 Å². The molecule has 1 aliphatic heterocycles. The highest BCUT2D eigenvalue weighted by Crippen LogP contribution is 2.19. The van der Waals surface area contributed by atoms with Crippen molar-refractivity contribution in [3.8, 4) is 0 Å². The number of aliphatic imine (C=N–C) groups is 1. The molecule has 118 valence electrons. The van der Waals surface area contributed by atoms with E-state index in [-0.39, 0.29) is 0 Å². The van der Waals surface area contributed by atoms with E-state index in [9.17, 15) is 0 Å². The van der Waals surface area contributed by atoms with Crippen molar-refractivity contribution in [2.24, 2.45) is 4.99 Å². The SMILES string of the molecule is Clc1ccc(CN2C=C(Br)C(OCc3ccccc3)=NC2)cc1. The zero-order valence-corrected chi connectivity index (χ0v) is 14.8. The molecule has 23 heavy (non-hydrogen) atoms. The van der Waals surface area contributed by atoms with Crippen molar-refractivity contribution in [1.29, 1.82) is 0 Å². The van der Waals surface area contributed by atoms with Crippen LogP contribution in [0.1, 0.15) is 11.1 Å². The van der Waals surface area contributed by atoms with Crippen LogP contribution in [0.4, 0.5) is 0 Å². The summed E-state index contributed by atoms with van der Waals surface area (Å²) in [4.78, 5) is 6.61. The van der Waals surface area contributed by atoms with Gasteiger partial charge in [-0.15, -0.1) is 0 Å². The molecule has 3 rings (SSSR count). The van der Waals surface area contributed by atoms with Gasteiger partial charge in [-0.3, -0.25) is 0 Å². The molecule has 0 spiro atoms. The lowest BCUT2D eigenvalue weighted by atomic mass is 10.2. The maximum Gasteiger partial charge on any atom is 0.226 e. The molecule has 0 aromatic heterocycles. The summed E-state index contributed by atoms with van der Waals surface area (Å²) in [5.41, 5.74) is 2.31. The fourth-order valence-corrected chi connectivity index (χ4v) is 2.90. The van der Waals surface area contributed by atoms with Gasteiger partial charge in [-0.05, 0) is 39.2 Å². The van der Waals surface area contributed by atoms with Gasteiger partial charge in [0.2, 0.25) is 5.90 Å². The Morgan fingerprint density at radius 1 is 1.04 bits per heavy atom. The number of halogens is 2. The number of ether oxygens (including phenoxy) is 1. The molecule has 1 heterocycles. The van der Waals surface area contributed by atoms with E-state index in [0.29, 0.717) is 19.2 Å². The maximum atomic E-state index is 5.91. The summed E-state index contributed by atoms with van der Waals surface area (Å²) in [7, 11) is 0. The van der Waals surface area contributed by atoms with E-state index in [2.05, 4.69) is 25.8 Å². The number of rotatable bonds is 4. The van der Waals surface area contributed by atoms with E-state index in [1.54, 1.807) is 0 Å². The second kappa shape index (κ2) is 7.66. The van der Waals surface area contributed by atoms with E-state index in [1.807, 2.05) is 60.8 Å². The average molecular weight is 392 g/mol. The molecule has 0 unspecified atom stereocenters. The van der Waals surface area contributed by atoms with Crippen LogP contribution in [0.15, 0.2) is 70.3 Å². The molecule has 0 aliphatic carbocycles. The van der Waals surface area contributed by atoms with Gasteiger partial charge >= 0.3 is 0 Å². The van der Waals surface area contributed by atoms with E-state index in [0.717, 1.165) is 21.6 Å². The lowest BCUT2D eigenvalue weighted by Crippen LogP contribution is -2.24. The Bertz CT molecular complexity index is 714. The fourth-order valence-electron chi connectivity index (χ4n) is 2.25. The monoisotopic (exact) mass is 390 g/mol. The Labute approximate surface area is 149 Å². The molecule has 1 aliphatic rings. The van der Waals surface area contributed by atoms with Gasteiger partial charge in [0.1, 0.15) is 13.3 Å². The van der Waals surface area contributed by atoms with Gasteiger partial charge in [0.25, 0.3) is 0 Å². The second-order valence-corrected chi connectivity index (χ2v) is 6.52. The largest absolute Gasteiger partial charge is 0.472 e. The molecule has 0 N–H and O–H groups in total. The Morgan fingerprint density at radius 3 is 2.48 bits per heavy atom. The van der Waals surface area contributed by atoms with Gasteiger partial charge in [0.05, 0.1) is 4.48 Å². The standard InChI is InChI=1S/C18H16BrClN2O/c19-17-11-22(10-14-6-8-16(20)9-7-14)13-21-18(17)23-12-15-4-2-1-3-5-15/h1-9,11H,10,12-13H2. The van der Waals surface area contributed by atoms with Gasteiger partial charge in [0.15, 0.2) is 0 Å². The van der Waals surface area contributed by atoms with Crippen molar-refractivity contribution in [3.05, 3.63) is 81.4 Å². The third kappa shape index (κ3) is 4.60. The van der Waals surface area contributed by atoms with Gasteiger partial charge in [-0.2, -0.15) is 0 Å². The van der Waals surface area contributed by atoms with Crippen LogP contribution in [0.25, 0.3) is 0 Å². The molecule has 2 aromatic carbocycles. The lowest BCUT2D eigenvalue weighted by molar-refractivity contribution is 0.281. The van der Waals surface area contributed by atoms with Crippen LogP contribution in [0.5, 0.6) is 0 Å². The number of hydrogen-bond acceptors (Lipinski definition) is 3. The molecule has 5 heteroatoms. The zero-order valence-electron chi connectivity index (χ0n) is 12.5. The van der Waals surface area contributed by atoms with Crippen LogP contribution in [0, 0.1) is 0 Å². The molecule has 0 fully saturated rings. The quantitative estimate of drug-likeness (QED) is 0.735. The molecular formula is C18H16BrClN2O. The van der Waals surface area contributed by atoms with Gasteiger partial charge in [0, 0.05) is 17.8 Å². The maximum absolute atomic E-state index is 5.91. The van der Waals surface area contributed by atoms with Crippen LogP contribution in [-0.4, -0.2) is 17.5 Å². The summed E-state index contributed by atoms with van der Waals surface area (Å²) in [5, 5.41) is 0.749. The third-order valence-corrected chi connectivity index (χ3v) is 4.21. The highest BCUT2D eigenvalue weighted by Gasteiger charge is 2.14. The minimum atomic E-state index is 0.514. The lowest BCUT2D eigenvalue weighted by Gasteiger charge is -2.24. The van der Waals surface area contributed by atoms with Crippen molar-refractivity contribution in [2.45, 2.75) is 13.2 Å². The first kappa shape index (κ1) is 16.1. The summed E-state index contributed by atoms with van der Waals surface area (Å²) in [6, 6.07) is 17.9. The van der Waals surface area contributed by atoms with Crippen LogP contribution < -0.4 is 0 Å². The molecule has 0 radical (unpaired) electrons. The Hall–Kier alpha value is -1.78. The van der Waals surface area contributed by atoms with E-state index in [4.69, 9.17) is 16.3 Å². The molecular weight excluding hydrogens is 376 g/mol. The number of benzene rings is 2. The minimum absolute atomic E-state index is 0.514. The number of nitrogens with zero attached hydrogens (tertiary/aromatic N) is 2. The summed E-state index contributed by atoms with van der Waals surface area (Å²) in [6.07, 6.45) is 2.02. The van der Waals surface area contributed by atoms with Crippen molar-refractivity contribution in [2.75, 3.05) is 6.67 Å². The van der Waals surface area contributed by atoms with Crippen LogP contribution in [-0.2, 0) is 17.9 Å². The predicted octanol–water partition coefficient (Wildman–Crippen LogP) is 4.96. The summed E-state index contributed by atoms with van der Waals surface area (Å²) in [5.74, 6) is 0.640. The van der Waals surface area contributed by atoms with Gasteiger partial charge in [-0.25, -0.2) is 4.99 Å². The summed E-state index contributed by atoms with van der Waals surface area (Å²) in [6.45, 7) is 1.86. The van der Waals surface area contributed by atoms with Crippen molar-refractivity contribution < 1.29 is 4.74 Å². The van der Waals surface area contributed by atoms with E-state index >= 15 is 0 Å². The molecule has 0 saturated carbocycles. The highest BCUT2D eigenvalue weighted by atomic mass is 79.9.